The summed E-state index contributed by atoms with van der Waals surface area (Å²) in [6, 6.07) is 25.4. The summed E-state index contributed by atoms with van der Waals surface area (Å²) < 4.78 is 10.5. The maximum Gasteiger partial charge on any atom is 0.338 e. The molecule has 0 aliphatic carbocycles. The standard InChI is InChI=1S/C31H25NO6/c1-3-38-31(36)23-11-6-12-24(17-23)32-27(21-10-7-13-25(18-21)37-2)26(29(34)30(32)35)28(33)22-15-14-19-8-4-5-9-20(19)16-22/h4-18,27,33H,3H2,1-2H3/b28-26-. The highest BCUT2D eigenvalue weighted by Gasteiger charge is 2.47. The second kappa shape index (κ2) is 10.2. The number of carbonyl (C=O) groups excluding carboxylic acids is 3. The molecule has 1 unspecified atom stereocenters. The average Bonchev–Trinajstić information content (AvgIpc) is 3.22. The molecule has 7 heteroatoms. The van der Waals surface area contributed by atoms with E-state index in [1.807, 2.05) is 30.3 Å². The number of hydrogen-bond donors (Lipinski definition) is 1. The van der Waals surface area contributed by atoms with Crippen molar-refractivity contribution in [2.24, 2.45) is 0 Å². The van der Waals surface area contributed by atoms with E-state index < -0.39 is 23.7 Å². The first kappa shape index (κ1) is 24.8. The predicted molar refractivity (Wildman–Crippen MR) is 144 cm³/mol. The number of fused-ring (bicyclic) bond motifs is 1. The molecule has 1 aliphatic heterocycles. The Bertz CT molecular complexity index is 1610. The van der Waals surface area contributed by atoms with Crippen LogP contribution in [0, 0.1) is 0 Å². The molecule has 1 N–H and O–H groups in total. The summed E-state index contributed by atoms with van der Waals surface area (Å²) >= 11 is 0. The van der Waals surface area contributed by atoms with Gasteiger partial charge >= 0.3 is 5.97 Å². The summed E-state index contributed by atoms with van der Waals surface area (Å²) in [6.07, 6.45) is 0. The smallest absolute Gasteiger partial charge is 0.338 e. The van der Waals surface area contributed by atoms with Crippen LogP contribution in [0.3, 0.4) is 0 Å². The molecule has 1 amide bonds. The van der Waals surface area contributed by atoms with Crippen LogP contribution in [0.25, 0.3) is 16.5 Å². The van der Waals surface area contributed by atoms with Gasteiger partial charge in [0, 0.05) is 11.3 Å². The molecule has 1 aliphatic rings. The Balaban J connectivity index is 1.71. The Kier molecular flexibility index (Phi) is 6.66. The van der Waals surface area contributed by atoms with Crippen LogP contribution in [-0.2, 0) is 14.3 Å². The van der Waals surface area contributed by atoms with Crippen molar-refractivity contribution in [3.8, 4) is 5.75 Å². The first-order valence-corrected chi connectivity index (χ1v) is 12.1. The highest BCUT2D eigenvalue weighted by atomic mass is 16.5. The maximum atomic E-state index is 13.5. The number of Topliss-reactive ketones (excluding diaryl/α,β-unsaturated/α-hetero) is 1. The quantitative estimate of drug-likeness (QED) is 0.157. The van der Waals surface area contributed by atoms with Gasteiger partial charge in [-0.1, -0.05) is 54.6 Å². The van der Waals surface area contributed by atoms with Crippen molar-refractivity contribution in [2.45, 2.75) is 13.0 Å². The molecule has 4 aromatic carbocycles. The summed E-state index contributed by atoms with van der Waals surface area (Å²) in [6.45, 7) is 1.90. The Morgan fingerprint density at radius 2 is 1.63 bits per heavy atom. The molecule has 0 spiro atoms. The summed E-state index contributed by atoms with van der Waals surface area (Å²) in [5.41, 5.74) is 1.48. The molecule has 0 saturated carbocycles. The molecule has 0 aromatic heterocycles. The third-order valence-electron chi connectivity index (χ3n) is 6.51. The number of rotatable bonds is 6. The van der Waals surface area contributed by atoms with Crippen LogP contribution in [0.1, 0.15) is 34.5 Å². The van der Waals surface area contributed by atoms with E-state index in [1.165, 1.54) is 18.1 Å². The number of nitrogens with zero attached hydrogens (tertiary/aromatic N) is 1. The molecule has 0 bridgehead atoms. The number of aliphatic hydroxyl groups excluding tert-OH is 1. The van der Waals surface area contributed by atoms with Crippen molar-refractivity contribution in [3.63, 3.8) is 0 Å². The fourth-order valence-corrected chi connectivity index (χ4v) is 4.72. The normalized spacial score (nSPS) is 16.6. The van der Waals surface area contributed by atoms with Gasteiger partial charge in [0.2, 0.25) is 0 Å². The molecule has 7 nitrogen and oxygen atoms in total. The Morgan fingerprint density at radius 1 is 0.868 bits per heavy atom. The van der Waals surface area contributed by atoms with Crippen LogP contribution in [0.4, 0.5) is 5.69 Å². The monoisotopic (exact) mass is 507 g/mol. The van der Waals surface area contributed by atoms with Crippen LogP contribution in [0.5, 0.6) is 5.75 Å². The highest BCUT2D eigenvalue weighted by molar-refractivity contribution is 6.51. The van der Waals surface area contributed by atoms with Gasteiger partial charge in [-0.3, -0.25) is 14.5 Å². The fraction of sp³-hybridized carbons (Fsp3) is 0.129. The molecule has 1 fully saturated rings. The summed E-state index contributed by atoms with van der Waals surface area (Å²) in [5.74, 6) is -1.95. The van der Waals surface area contributed by atoms with Crippen molar-refractivity contribution in [1.29, 1.82) is 0 Å². The van der Waals surface area contributed by atoms with Gasteiger partial charge in [-0.25, -0.2) is 4.79 Å². The number of benzene rings is 4. The summed E-state index contributed by atoms with van der Waals surface area (Å²) in [5, 5.41) is 13.3. The second-order valence-corrected chi connectivity index (χ2v) is 8.78. The zero-order valence-electron chi connectivity index (χ0n) is 20.9. The van der Waals surface area contributed by atoms with Gasteiger partial charge in [-0.05, 0) is 59.7 Å². The Morgan fingerprint density at radius 3 is 2.39 bits per heavy atom. The van der Waals surface area contributed by atoms with Gasteiger partial charge in [0.25, 0.3) is 11.7 Å². The highest BCUT2D eigenvalue weighted by Crippen LogP contribution is 2.43. The molecular formula is C31H25NO6. The Hall–Kier alpha value is -4.91. The molecule has 1 saturated heterocycles. The number of ketones is 1. The van der Waals surface area contributed by atoms with Crippen LogP contribution in [0.2, 0.25) is 0 Å². The van der Waals surface area contributed by atoms with E-state index in [9.17, 15) is 19.5 Å². The first-order valence-electron chi connectivity index (χ1n) is 12.1. The van der Waals surface area contributed by atoms with E-state index in [-0.39, 0.29) is 23.5 Å². The number of esters is 1. The molecular weight excluding hydrogens is 482 g/mol. The van der Waals surface area contributed by atoms with E-state index >= 15 is 0 Å². The minimum Gasteiger partial charge on any atom is -0.507 e. The van der Waals surface area contributed by atoms with Crippen LogP contribution in [-0.4, -0.2) is 36.5 Å². The van der Waals surface area contributed by atoms with Crippen molar-refractivity contribution >= 4 is 39.9 Å². The lowest BCUT2D eigenvalue weighted by atomic mass is 9.94. The number of aliphatic hydroxyl groups is 1. The largest absolute Gasteiger partial charge is 0.507 e. The van der Waals surface area contributed by atoms with Crippen molar-refractivity contribution < 1.29 is 29.0 Å². The minimum absolute atomic E-state index is 0.0555. The number of ether oxygens (including phenoxy) is 2. The SMILES string of the molecule is CCOC(=O)c1cccc(N2C(=O)C(=O)/C(=C(\O)c3ccc4ccccc4c3)C2c2cccc(OC)c2)c1. The number of anilines is 1. The van der Waals surface area contributed by atoms with E-state index in [2.05, 4.69) is 0 Å². The number of carbonyl (C=O) groups is 3. The number of hydrogen-bond acceptors (Lipinski definition) is 6. The average molecular weight is 508 g/mol. The summed E-state index contributed by atoms with van der Waals surface area (Å²) in [7, 11) is 1.52. The maximum absolute atomic E-state index is 13.5. The third-order valence-corrected chi connectivity index (χ3v) is 6.51. The zero-order chi connectivity index (χ0) is 26.8. The first-order chi connectivity index (χ1) is 18.4. The van der Waals surface area contributed by atoms with E-state index in [0.717, 1.165) is 10.8 Å². The van der Waals surface area contributed by atoms with Gasteiger partial charge in [0.15, 0.2) is 0 Å². The second-order valence-electron chi connectivity index (χ2n) is 8.78. The van der Waals surface area contributed by atoms with Crippen LogP contribution >= 0.6 is 0 Å². The summed E-state index contributed by atoms with van der Waals surface area (Å²) in [4.78, 5) is 40.7. The lowest BCUT2D eigenvalue weighted by molar-refractivity contribution is -0.132. The van der Waals surface area contributed by atoms with Gasteiger partial charge < -0.3 is 14.6 Å². The molecule has 5 rings (SSSR count). The molecule has 190 valence electrons. The van der Waals surface area contributed by atoms with E-state index in [1.54, 1.807) is 61.5 Å². The van der Waals surface area contributed by atoms with Gasteiger partial charge in [-0.2, -0.15) is 0 Å². The Labute approximate surface area is 219 Å². The van der Waals surface area contributed by atoms with Gasteiger partial charge in [-0.15, -0.1) is 0 Å². The number of methoxy groups -OCH3 is 1. The third kappa shape index (κ3) is 4.39. The predicted octanol–water partition coefficient (Wildman–Crippen LogP) is 5.65. The van der Waals surface area contributed by atoms with Crippen LogP contribution in [0.15, 0.2) is 96.6 Å². The van der Waals surface area contributed by atoms with Crippen molar-refractivity contribution in [1.82, 2.24) is 0 Å². The number of amides is 1. The van der Waals surface area contributed by atoms with E-state index in [0.29, 0.717) is 22.6 Å². The van der Waals surface area contributed by atoms with Crippen LogP contribution < -0.4 is 9.64 Å². The zero-order valence-corrected chi connectivity index (χ0v) is 20.9. The van der Waals surface area contributed by atoms with E-state index in [4.69, 9.17) is 9.47 Å². The molecule has 1 heterocycles. The molecule has 4 aromatic rings. The topological polar surface area (TPSA) is 93.1 Å². The lowest BCUT2D eigenvalue weighted by Gasteiger charge is -2.26. The van der Waals surface area contributed by atoms with Gasteiger partial charge in [0.1, 0.15) is 11.5 Å². The molecule has 0 radical (unpaired) electrons. The van der Waals surface area contributed by atoms with Crippen molar-refractivity contribution in [3.05, 3.63) is 113 Å². The lowest BCUT2D eigenvalue weighted by Crippen LogP contribution is -2.29. The van der Waals surface area contributed by atoms with Crippen molar-refractivity contribution in [2.75, 3.05) is 18.6 Å². The fourth-order valence-electron chi connectivity index (χ4n) is 4.72. The molecule has 1 atom stereocenters. The molecule has 38 heavy (non-hydrogen) atoms. The van der Waals surface area contributed by atoms with Gasteiger partial charge in [0.05, 0.1) is 30.9 Å². The minimum atomic E-state index is -0.964.